The minimum atomic E-state index is -0.0283. The van der Waals surface area contributed by atoms with Gasteiger partial charge in [-0.3, -0.25) is 4.79 Å². The molecule has 1 saturated carbocycles. The van der Waals surface area contributed by atoms with Gasteiger partial charge in [-0.25, -0.2) is 0 Å². The third-order valence-electron chi connectivity index (χ3n) is 4.15. The third kappa shape index (κ3) is 2.91. The summed E-state index contributed by atoms with van der Waals surface area (Å²) in [7, 11) is 0. The van der Waals surface area contributed by atoms with E-state index < -0.39 is 0 Å². The Morgan fingerprint density at radius 3 is 2.61 bits per heavy atom. The fourth-order valence-electron chi connectivity index (χ4n) is 2.81. The van der Waals surface area contributed by atoms with Crippen LogP contribution >= 0.6 is 15.9 Å². The first-order chi connectivity index (χ1) is 11.2. The molecule has 0 bridgehead atoms. The van der Waals surface area contributed by atoms with Crippen LogP contribution in [0.1, 0.15) is 29.0 Å². The van der Waals surface area contributed by atoms with Crippen LogP contribution in [0.3, 0.4) is 0 Å². The molecule has 0 N–H and O–H groups in total. The third-order valence-corrected chi connectivity index (χ3v) is 4.78. The van der Waals surface area contributed by atoms with Gasteiger partial charge in [0.1, 0.15) is 5.58 Å². The lowest BCUT2D eigenvalue weighted by Crippen LogP contribution is -2.32. The van der Waals surface area contributed by atoms with Gasteiger partial charge in [-0.05, 0) is 46.5 Å². The molecule has 2 aromatic carbocycles. The second-order valence-electron chi connectivity index (χ2n) is 5.92. The maximum absolute atomic E-state index is 12.9. The Morgan fingerprint density at radius 1 is 1.13 bits per heavy atom. The molecule has 0 aliphatic heterocycles. The van der Waals surface area contributed by atoms with E-state index in [4.69, 9.17) is 4.42 Å². The van der Waals surface area contributed by atoms with Crippen LogP contribution in [-0.4, -0.2) is 16.8 Å². The number of rotatable bonds is 4. The highest BCUT2D eigenvalue weighted by Crippen LogP contribution is 2.32. The van der Waals surface area contributed by atoms with Crippen molar-refractivity contribution in [3.05, 3.63) is 70.4 Å². The van der Waals surface area contributed by atoms with Crippen molar-refractivity contribution in [3.8, 4) is 0 Å². The van der Waals surface area contributed by atoms with E-state index in [1.165, 1.54) is 0 Å². The number of hydrogen-bond donors (Lipinski definition) is 0. The van der Waals surface area contributed by atoms with Crippen molar-refractivity contribution in [3.63, 3.8) is 0 Å². The summed E-state index contributed by atoms with van der Waals surface area (Å²) in [5, 5.41) is 0.943. The van der Waals surface area contributed by atoms with Crippen LogP contribution in [0.4, 0.5) is 0 Å². The highest BCUT2D eigenvalue weighted by Gasteiger charge is 2.34. The average Bonchev–Trinajstić information content (AvgIpc) is 3.31. The second-order valence-corrected chi connectivity index (χ2v) is 6.77. The van der Waals surface area contributed by atoms with Crippen LogP contribution in [0.25, 0.3) is 11.0 Å². The van der Waals surface area contributed by atoms with Gasteiger partial charge in [0, 0.05) is 18.0 Å². The Labute approximate surface area is 143 Å². The normalized spacial score (nSPS) is 14.1. The first-order valence-corrected chi connectivity index (χ1v) is 8.54. The van der Waals surface area contributed by atoms with Gasteiger partial charge in [0.05, 0.1) is 4.47 Å². The zero-order chi connectivity index (χ0) is 15.8. The zero-order valence-electron chi connectivity index (χ0n) is 12.5. The van der Waals surface area contributed by atoms with Gasteiger partial charge in [-0.15, -0.1) is 0 Å². The monoisotopic (exact) mass is 369 g/mol. The van der Waals surface area contributed by atoms with E-state index in [9.17, 15) is 4.79 Å². The van der Waals surface area contributed by atoms with E-state index >= 15 is 0 Å². The lowest BCUT2D eigenvalue weighted by atomic mass is 10.2. The van der Waals surface area contributed by atoms with Gasteiger partial charge >= 0.3 is 0 Å². The molecular weight excluding hydrogens is 354 g/mol. The summed E-state index contributed by atoms with van der Waals surface area (Å²) >= 11 is 3.47. The SMILES string of the molecule is O=C(c1cc2cccc(Br)c2o1)N(Cc1ccccc1)C1CC1. The maximum atomic E-state index is 12.9. The molecule has 1 fully saturated rings. The van der Waals surface area contributed by atoms with Crippen molar-refractivity contribution in [2.75, 3.05) is 0 Å². The first-order valence-electron chi connectivity index (χ1n) is 7.75. The molecule has 0 saturated heterocycles. The lowest BCUT2D eigenvalue weighted by Gasteiger charge is -2.21. The number of furan rings is 1. The Balaban J connectivity index is 1.65. The lowest BCUT2D eigenvalue weighted by molar-refractivity contribution is 0.0700. The van der Waals surface area contributed by atoms with Crippen LogP contribution in [0.15, 0.2) is 63.5 Å². The van der Waals surface area contributed by atoms with Gasteiger partial charge in [-0.1, -0.05) is 42.5 Å². The molecule has 0 atom stereocenters. The molecule has 0 radical (unpaired) electrons. The summed E-state index contributed by atoms with van der Waals surface area (Å²) in [6, 6.07) is 18.1. The number of fused-ring (bicyclic) bond motifs is 1. The molecule has 1 aliphatic carbocycles. The number of halogens is 1. The summed E-state index contributed by atoms with van der Waals surface area (Å²) in [6.07, 6.45) is 2.14. The van der Waals surface area contributed by atoms with Crippen molar-refractivity contribution in [2.24, 2.45) is 0 Å². The molecule has 1 amide bonds. The second kappa shape index (κ2) is 5.85. The number of para-hydroxylation sites is 1. The van der Waals surface area contributed by atoms with Crippen LogP contribution < -0.4 is 0 Å². The van der Waals surface area contributed by atoms with Gasteiger partial charge in [0.25, 0.3) is 5.91 Å². The summed E-state index contributed by atoms with van der Waals surface area (Å²) in [6.45, 7) is 0.628. The summed E-state index contributed by atoms with van der Waals surface area (Å²) in [4.78, 5) is 14.9. The highest BCUT2D eigenvalue weighted by molar-refractivity contribution is 9.10. The van der Waals surface area contributed by atoms with Gasteiger partial charge in [-0.2, -0.15) is 0 Å². The predicted molar refractivity (Wildman–Crippen MR) is 93.3 cm³/mol. The number of carbonyl (C=O) groups is 1. The summed E-state index contributed by atoms with van der Waals surface area (Å²) < 4.78 is 6.69. The molecule has 1 aliphatic rings. The number of hydrogen-bond acceptors (Lipinski definition) is 2. The van der Waals surface area contributed by atoms with Crippen molar-refractivity contribution < 1.29 is 9.21 Å². The Kier molecular flexibility index (Phi) is 3.69. The Hall–Kier alpha value is -2.07. The van der Waals surface area contributed by atoms with E-state index in [0.717, 1.165) is 33.8 Å². The van der Waals surface area contributed by atoms with Crippen molar-refractivity contribution in [1.29, 1.82) is 0 Å². The standard InChI is InChI=1S/C19H16BrNO2/c20-16-8-4-7-14-11-17(23-18(14)16)19(22)21(15-9-10-15)12-13-5-2-1-3-6-13/h1-8,11,15H,9-10,12H2. The number of benzene rings is 2. The molecule has 1 aromatic heterocycles. The molecule has 23 heavy (non-hydrogen) atoms. The molecule has 4 rings (SSSR count). The molecule has 3 nitrogen and oxygen atoms in total. The van der Waals surface area contributed by atoms with Crippen LogP contribution in [0, 0.1) is 0 Å². The predicted octanol–water partition coefficient (Wildman–Crippen LogP) is 5.00. The molecule has 4 heteroatoms. The number of nitrogens with zero attached hydrogens (tertiary/aromatic N) is 1. The number of amides is 1. The van der Waals surface area contributed by atoms with Crippen molar-refractivity contribution in [1.82, 2.24) is 4.90 Å². The maximum Gasteiger partial charge on any atom is 0.290 e. The van der Waals surface area contributed by atoms with E-state index in [1.807, 2.05) is 47.4 Å². The summed E-state index contributed by atoms with van der Waals surface area (Å²) in [5.41, 5.74) is 1.87. The minimum Gasteiger partial charge on any atom is -0.450 e. The summed E-state index contributed by atoms with van der Waals surface area (Å²) in [5.74, 6) is 0.384. The Morgan fingerprint density at radius 2 is 1.91 bits per heavy atom. The van der Waals surface area contributed by atoms with E-state index in [-0.39, 0.29) is 5.91 Å². The van der Waals surface area contributed by atoms with Crippen LogP contribution in [0.2, 0.25) is 0 Å². The van der Waals surface area contributed by atoms with Gasteiger partial charge in [0.15, 0.2) is 5.76 Å². The van der Waals surface area contributed by atoms with Crippen LogP contribution in [0.5, 0.6) is 0 Å². The molecule has 0 unspecified atom stereocenters. The number of carbonyl (C=O) groups excluding carboxylic acids is 1. The molecule has 1 heterocycles. The topological polar surface area (TPSA) is 33.5 Å². The molecule has 116 valence electrons. The van der Waals surface area contributed by atoms with Gasteiger partial charge in [0.2, 0.25) is 0 Å². The fraction of sp³-hybridized carbons (Fsp3) is 0.211. The largest absolute Gasteiger partial charge is 0.450 e. The quantitative estimate of drug-likeness (QED) is 0.648. The van der Waals surface area contributed by atoms with Crippen LogP contribution in [-0.2, 0) is 6.54 Å². The molecule has 3 aromatic rings. The fourth-order valence-corrected chi connectivity index (χ4v) is 3.27. The highest BCUT2D eigenvalue weighted by atomic mass is 79.9. The smallest absolute Gasteiger partial charge is 0.290 e. The van der Waals surface area contributed by atoms with Crippen molar-refractivity contribution >= 4 is 32.8 Å². The van der Waals surface area contributed by atoms with Gasteiger partial charge < -0.3 is 9.32 Å². The average molecular weight is 370 g/mol. The Bertz CT molecular complexity index is 852. The van der Waals surface area contributed by atoms with E-state index in [1.54, 1.807) is 0 Å². The zero-order valence-corrected chi connectivity index (χ0v) is 14.1. The van der Waals surface area contributed by atoms with E-state index in [2.05, 4.69) is 28.1 Å². The first kappa shape index (κ1) is 14.5. The molecule has 0 spiro atoms. The van der Waals surface area contributed by atoms with E-state index in [0.29, 0.717) is 18.3 Å². The molecular formula is C19H16BrNO2. The van der Waals surface area contributed by atoms with Crippen molar-refractivity contribution in [2.45, 2.75) is 25.4 Å². The minimum absolute atomic E-state index is 0.0283.